The molecule has 4 atom stereocenters. The van der Waals surface area contributed by atoms with Crippen LogP contribution in [0.4, 0.5) is 0 Å². The van der Waals surface area contributed by atoms with Crippen molar-refractivity contribution in [2.45, 2.75) is 35.4 Å². The molecule has 0 saturated carbocycles. The Morgan fingerprint density at radius 2 is 1.04 bits per heavy atom. The van der Waals surface area contributed by atoms with Crippen LogP contribution in [-0.4, -0.2) is 6.19 Å². The van der Waals surface area contributed by atoms with Crippen molar-refractivity contribution in [2.24, 2.45) is 11.8 Å². The third-order valence-electron chi connectivity index (χ3n) is 6.08. The Bertz CT molecular complexity index is 837. The van der Waals surface area contributed by atoms with Gasteiger partial charge in [-0.05, 0) is 0 Å². The third kappa shape index (κ3) is 4.30. The summed E-state index contributed by atoms with van der Waals surface area (Å²) in [6, 6.07) is 0. The van der Waals surface area contributed by atoms with Crippen LogP contribution in [-0.2, 0) is 16.6 Å². The van der Waals surface area contributed by atoms with E-state index in [0.29, 0.717) is 20.3 Å². The predicted octanol–water partition coefficient (Wildman–Crippen LogP) is 0.698. The Morgan fingerprint density at radius 3 is 1.43 bits per heavy atom. The first kappa shape index (κ1) is 23.7. The van der Waals surface area contributed by atoms with Crippen LogP contribution in [0.15, 0.2) is 95.2 Å². The summed E-state index contributed by atoms with van der Waals surface area (Å²) in [6.45, 7) is 9.82. The van der Waals surface area contributed by atoms with Crippen molar-refractivity contribution < 1.29 is 41.4 Å². The van der Waals surface area contributed by atoms with E-state index in [0.717, 1.165) is 0 Å². The number of hydrogen-bond donors (Lipinski definition) is 0. The molecule has 4 unspecified atom stereocenters. The van der Waals surface area contributed by atoms with Crippen molar-refractivity contribution in [3.63, 3.8) is 0 Å². The Morgan fingerprint density at radius 1 is 0.607 bits per heavy atom. The molecule has 0 amide bonds. The van der Waals surface area contributed by atoms with E-state index in [1.165, 1.54) is 0 Å². The van der Waals surface area contributed by atoms with Gasteiger partial charge < -0.3 is 24.8 Å². The van der Waals surface area contributed by atoms with Crippen molar-refractivity contribution in [3.05, 3.63) is 95.2 Å². The minimum atomic E-state index is -1.39. The first-order valence-corrected chi connectivity index (χ1v) is 16.4. The van der Waals surface area contributed by atoms with Crippen molar-refractivity contribution in [3.8, 4) is 0 Å². The van der Waals surface area contributed by atoms with Crippen LogP contribution in [0.1, 0.15) is 13.8 Å². The second kappa shape index (κ2) is 9.96. The van der Waals surface area contributed by atoms with E-state index in [4.69, 9.17) is 0 Å². The molecule has 0 aromatic heterocycles. The van der Waals surface area contributed by atoms with E-state index in [1.807, 2.05) is 0 Å². The van der Waals surface area contributed by atoms with Crippen molar-refractivity contribution >= 4 is 6.19 Å². The van der Waals surface area contributed by atoms with Gasteiger partial charge >= 0.3 is 165 Å². The maximum atomic E-state index is 2.58. The van der Waals surface area contributed by atoms with Gasteiger partial charge in [-0.25, -0.2) is 0 Å². The normalized spacial score (nSPS) is 28.8. The standard InChI is InChI=1S/2C11H11.C2H6Si.2ClH.Ti/c2*1-9-5-2-3-6-10-7-4-8-11(9)10;1-3-2;;;/h2*2-9H,1H3;1-2H3;2*1H;/q;;;;;+2/p-2. The fourth-order valence-electron chi connectivity index (χ4n) is 4.73. The summed E-state index contributed by atoms with van der Waals surface area (Å²) in [5.74, 6) is 1.09. The third-order valence-corrected chi connectivity index (χ3v) is 18.9. The summed E-state index contributed by atoms with van der Waals surface area (Å²) < 4.78 is 1.43. The Hall–Kier alpha value is -0.569. The molecule has 146 valence electrons. The predicted molar refractivity (Wildman–Crippen MR) is 112 cm³/mol. The molecule has 4 rings (SSSR count). The smallest absolute Gasteiger partial charge is 1.00 e. The molecule has 0 aromatic carbocycles. The first-order chi connectivity index (χ1) is 12.6. The largest absolute Gasteiger partial charge is 1.00 e. The van der Waals surface area contributed by atoms with Crippen LogP contribution in [0.3, 0.4) is 0 Å². The van der Waals surface area contributed by atoms with E-state index >= 15 is 0 Å². The molecule has 0 bridgehead atoms. The molecular formula is C24H28Cl2SiTi. The fraction of sp³-hybridized carbons (Fsp3) is 0.333. The van der Waals surface area contributed by atoms with Gasteiger partial charge in [-0.1, -0.05) is 0 Å². The molecule has 0 fully saturated rings. The zero-order valence-electron chi connectivity index (χ0n) is 17.0. The van der Waals surface area contributed by atoms with Gasteiger partial charge in [0.25, 0.3) is 0 Å². The van der Waals surface area contributed by atoms with Gasteiger partial charge in [-0.15, -0.1) is 0 Å². The summed E-state index contributed by atoms with van der Waals surface area (Å²) in [4.78, 5) is 0. The molecule has 0 radical (unpaired) electrons. The summed E-state index contributed by atoms with van der Waals surface area (Å²) in [6.07, 6.45) is 28.2. The van der Waals surface area contributed by atoms with E-state index in [1.54, 1.807) is 22.3 Å². The average Bonchev–Trinajstić information content (AvgIpc) is 3.10. The van der Waals surface area contributed by atoms with Crippen LogP contribution in [0.5, 0.6) is 0 Å². The molecule has 0 saturated heterocycles. The fourth-order valence-corrected chi connectivity index (χ4v) is 17.3. The molecule has 0 heterocycles. The second-order valence-corrected chi connectivity index (χ2v) is 20.4. The quantitative estimate of drug-likeness (QED) is 0.530. The Kier molecular flexibility index (Phi) is 8.43. The van der Waals surface area contributed by atoms with Gasteiger partial charge in [0, 0.05) is 0 Å². The van der Waals surface area contributed by atoms with E-state index in [-0.39, 0.29) is 31.0 Å². The second-order valence-electron chi connectivity index (χ2n) is 8.02. The number of halogens is 2. The van der Waals surface area contributed by atoms with E-state index in [9.17, 15) is 0 Å². The molecule has 4 heteroatoms. The monoisotopic (exact) mass is 462 g/mol. The van der Waals surface area contributed by atoms with Gasteiger partial charge in [-0.2, -0.15) is 0 Å². The minimum Gasteiger partial charge on any atom is -1.00 e. The number of allylic oxidation sites excluding steroid dienone is 16. The van der Waals surface area contributed by atoms with Gasteiger partial charge in [-0.3, -0.25) is 0 Å². The maximum Gasteiger partial charge on any atom is -1.00 e. The zero-order chi connectivity index (χ0) is 18.3. The van der Waals surface area contributed by atoms with Crippen molar-refractivity contribution in [2.75, 3.05) is 0 Å². The Labute approximate surface area is 189 Å². The molecular weight excluding hydrogens is 435 g/mol. The zero-order valence-corrected chi connectivity index (χ0v) is 21.1. The topological polar surface area (TPSA) is 0 Å². The molecule has 4 aliphatic carbocycles. The van der Waals surface area contributed by atoms with Crippen LogP contribution in [0, 0.1) is 11.8 Å². The Balaban J connectivity index is 0.00000140. The molecule has 4 aliphatic rings. The van der Waals surface area contributed by atoms with E-state index < -0.39 is 16.6 Å². The molecule has 0 aromatic rings. The van der Waals surface area contributed by atoms with Crippen LogP contribution in [0.25, 0.3) is 0 Å². The van der Waals surface area contributed by atoms with Crippen molar-refractivity contribution in [1.82, 2.24) is 0 Å². The summed E-state index contributed by atoms with van der Waals surface area (Å²) in [5.41, 5.74) is 6.40. The molecule has 28 heavy (non-hydrogen) atoms. The van der Waals surface area contributed by atoms with Gasteiger partial charge in [0.15, 0.2) is 0 Å². The maximum absolute atomic E-state index is 2.58. The van der Waals surface area contributed by atoms with Crippen LogP contribution in [0.2, 0.25) is 21.5 Å². The number of hydrogen-bond acceptors (Lipinski definition) is 0. The van der Waals surface area contributed by atoms with E-state index in [2.05, 4.69) is 99.9 Å². The minimum absolute atomic E-state index is 0. The van der Waals surface area contributed by atoms with Gasteiger partial charge in [0.1, 0.15) is 0 Å². The molecule has 0 spiro atoms. The molecule has 0 N–H and O–H groups in total. The van der Waals surface area contributed by atoms with Crippen molar-refractivity contribution in [1.29, 1.82) is 0 Å². The number of rotatable bonds is 2. The summed E-state index contributed by atoms with van der Waals surface area (Å²) in [5, 5.41) is 0. The molecule has 0 aliphatic heterocycles. The average molecular weight is 463 g/mol. The summed E-state index contributed by atoms with van der Waals surface area (Å²) >= 11 is -1.39. The molecule has 0 nitrogen and oxygen atoms in total. The van der Waals surface area contributed by atoms with Crippen LogP contribution >= 0.6 is 0 Å². The SMILES string of the molecule is CC1C=CC=CC2=C1C=C[CH]2[Ti+2]([CH]1C=CC2=C1C=CC=CC2C)=[Si](C)C.[Cl-].[Cl-]. The van der Waals surface area contributed by atoms with Gasteiger partial charge in [0.2, 0.25) is 0 Å². The summed E-state index contributed by atoms with van der Waals surface area (Å²) in [7, 11) is 0. The first-order valence-electron chi connectivity index (χ1n) is 9.79. The van der Waals surface area contributed by atoms with Crippen LogP contribution < -0.4 is 24.8 Å². The van der Waals surface area contributed by atoms with Gasteiger partial charge in [0.05, 0.1) is 0 Å².